The van der Waals surface area contributed by atoms with Crippen molar-refractivity contribution in [1.29, 1.82) is 0 Å². The maximum Gasteiger partial charge on any atom is 0.126 e. The lowest BCUT2D eigenvalue weighted by Crippen LogP contribution is -2.11. The summed E-state index contributed by atoms with van der Waals surface area (Å²) in [5, 5.41) is 3.28. The first-order chi connectivity index (χ1) is 8.25. The average Bonchev–Trinajstić information content (AvgIpc) is 2.75. The minimum atomic E-state index is 0.638. The molecule has 0 amide bonds. The number of fused-ring (bicyclic) bond motifs is 1. The summed E-state index contributed by atoms with van der Waals surface area (Å²) in [5.41, 5.74) is 3.73. The molecular formula is C14H20N2O. The Balaban J connectivity index is 1.74. The fourth-order valence-electron chi connectivity index (χ4n) is 2.02. The second-order valence-electron chi connectivity index (χ2n) is 4.59. The van der Waals surface area contributed by atoms with Crippen molar-refractivity contribution in [3.05, 3.63) is 35.5 Å². The lowest BCUT2D eigenvalue weighted by Gasteiger charge is -2.08. The van der Waals surface area contributed by atoms with Gasteiger partial charge in [-0.05, 0) is 37.8 Å². The second kappa shape index (κ2) is 5.82. The van der Waals surface area contributed by atoms with Crippen molar-refractivity contribution < 1.29 is 4.74 Å². The van der Waals surface area contributed by atoms with Gasteiger partial charge in [0.1, 0.15) is 5.82 Å². The Morgan fingerprint density at radius 3 is 3.18 bits per heavy atom. The van der Waals surface area contributed by atoms with Gasteiger partial charge in [0.05, 0.1) is 13.2 Å². The molecule has 17 heavy (non-hydrogen) atoms. The van der Waals surface area contributed by atoms with Gasteiger partial charge >= 0.3 is 0 Å². The molecule has 0 radical (unpaired) electrons. The molecule has 1 N–H and O–H groups in total. The van der Waals surface area contributed by atoms with Crippen LogP contribution in [0.5, 0.6) is 0 Å². The minimum Gasteiger partial charge on any atom is -0.375 e. The van der Waals surface area contributed by atoms with E-state index in [1.165, 1.54) is 24.1 Å². The van der Waals surface area contributed by atoms with Gasteiger partial charge in [-0.1, -0.05) is 18.2 Å². The summed E-state index contributed by atoms with van der Waals surface area (Å²) in [5.74, 6) is 0.963. The fraction of sp³-hybridized carbons (Fsp3) is 0.500. The zero-order chi connectivity index (χ0) is 12.1. The monoisotopic (exact) mass is 232 g/mol. The molecule has 1 aliphatic carbocycles. The highest BCUT2D eigenvalue weighted by Crippen LogP contribution is 2.21. The van der Waals surface area contributed by atoms with Crippen molar-refractivity contribution >= 4 is 5.82 Å². The Morgan fingerprint density at radius 1 is 1.47 bits per heavy atom. The van der Waals surface area contributed by atoms with Crippen molar-refractivity contribution in [2.75, 3.05) is 25.1 Å². The van der Waals surface area contributed by atoms with Gasteiger partial charge < -0.3 is 10.1 Å². The number of anilines is 1. The number of nitrogens with one attached hydrogen (secondary N) is 1. The number of aryl methyl sites for hydroxylation is 2. The molecule has 1 aliphatic rings. The number of rotatable bonds is 6. The number of hydrogen-bond donors (Lipinski definition) is 1. The molecule has 0 fully saturated rings. The molecule has 1 aromatic heterocycles. The van der Waals surface area contributed by atoms with Crippen LogP contribution in [0, 0.1) is 0 Å². The first kappa shape index (κ1) is 12.1. The molecule has 0 bridgehead atoms. The van der Waals surface area contributed by atoms with E-state index in [1.807, 2.05) is 6.92 Å². The van der Waals surface area contributed by atoms with Crippen LogP contribution < -0.4 is 5.32 Å². The normalized spacial score (nSPS) is 13.5. The van der Waals surface area contributed by atoms with E-state index in [0.717, 1.165) is 24.4 Å². The number of aromatic nitrogens is 1. The smallest absolute Gasteiger partial charge is 0.126 e. The molecule has 0 saturated heterocycles. The SMILES string of the molecule is C=C(C)COCCNc1ccc2c(n1)CCC2. The molecule has 1 aromatic rings. The molecule has 0 spiro atoms. The van der Waals surface area contributed by atoms with E-state index in [0.29, 0.717) is 13.2 Å². The molecule has 3 heteroatoms. The molecule has 1 heterocycles. The summed E-state index contributed by atoms with van der Waals surface area (Å²) in [6.45, 7) is 7.88. The lowest BCUT2D eigenvalue weighted by atomic mass is 10.2. The zero-order valence-electron chi connectivity index (χ0n) is 10.5. The van der Waals surface area contributed by atoms with Crippen molar-refractivity contribution in [2.24, 2.45) is 0 Å². The first-order valence-electron chi connectivity index (χ1n) is 6.20. The van der Waals surface area contributed by atoms with Crippen LogP contribution in [0.1, 0.15) is 24.6 Å². The number of pyridine rings is 1. The number of hydrogen-bond acceptors (Lipinski definition) is 3. The second-order valence-corrected chi connectivity index (χ2v) is 4.59. The van der Waals surface area contributed by atoms with Crippen LogP contribution >= 0.6 is 0 Å². The van der Waals surface area contributed by atoms with Gasteiger partial charge in [-0.2, -0.15) is 0 Å². The molecule has 92 valence electrons. The molecule has 0 aromatic carbocycles. The zero-order valence-corrected chi connectivity index (χ0v) is 10.5. The van der Waals surface area contributed by atoms with E-state index < -0.39 is 0 Å². The van der Waals surface area contributed by atoms with Gasteiger partial charge in [0, 0.05) is 12.2 Å². The van der Waals surface area contributed by atoms with E-state index in [9.17, 15) is 0 Å². The Kier molecular flexibility index (Phi) is 4.15. The Morgan fingerprint density at radius 2 is 2.35 bits per heavy atom. The topological polar surface area (TPSA) is 34.1 Å². The number of ether oxygens (including phenoxy) is 1. The highest BCUT2D eigenvalue weighted by Gasteiger charge is 2.11. The van der Waals surface area contributed by atoms with Crippen molar-refractivity contribution in [2.45, 2.75) is 26.2 Å². The molecule has 0 saturated carbocycles. The molecule has 0 unspecified atom stereocenters. The van der Waals surface area contributed by atoms with Crippen LogP contribution in [0.25, 0.3) is 0 Å². The van der Waals surface area contributed by atoms with E-state index in [2.05, 4.69) is 29.0 Å². The van der Waals surface area contributed by atoms with Crippen LogP contribution in [0.15, 0.2) is 24.3 Å². The number of nitrogens with zero attached hydrogens (tertiary/aromatic N) is 1. The van der Waals surface area contributed by atoms with Crippen LogP contribution in [0.2, 0.25) is 0 Å². The lowest BCUT2D eigenvalue weighted by molar-refractivity contribution is 0.167. The third kappa shape index (κ3) is 3.56. The standard InChI is InChI=1S/C14H20N2O/c1-11(2)10-17-9-8-15-14-7-6-12-4-3-5-13(12)16-14/h6-7H,1,3-5,8-10H2,2H3,(H,15,16). The third-order valence-corrected chi connectivity index (χ3v) is 2.83. The summed E-state index contributed by atoms with van der Waals surface area (Å²) in [6.07, 6.45) is 3.55. The van der Waals surface area contributed by atoms with Gasteiger partial charge in [0.15, 0.2) is 0 Å². The predicted octanol–water partition coefficient (Wildman–Crippen LogP) is 2.57. The van der Waals surface area contributed by atoms with Crippen molar-refractivity contribution in [3.63, 3.8) is 0 Å². The van der Waals surface area contributed by atoms with Crippen molar-refractivity contribution in [3.8, 4) is 0 Å². The van der Waals surface area contributed by atoms with E-state index in [-0.39, 0.29) is 0 Å². The highest BCUT2D eigenvalue weighted by atomic mass is 16.5. The third-order valence-electron chi connectivity index (χ3n) is 2.83. The maximum absolute atomic E-state index is 5.42. The largest absolute Gasteiger partial charge is 0.375 e. The predicted molar refractivity (Wildman–Crippen MR) is 70.4 cm³/mol. The fourth-order valence-corrected chi connectivity index (χ4v) is 2.02. The van der Waals surface area contributed by atoms with Gasteiger partial charge in [0.2, 0.25) is 0 Å². The summed E-state index contributed by atoms with van der Waals surface area (Å²) in [7, 11) is 0. The molecule has 0 atom stereocenters. The summed E-state index contributed by atoms with van der Waals surface area (Å²) >= 11 is 0. The molecular weight excluding hydrogens is 212 g/mol. The quantitative estimate of drug-likeness (QED) is 0.604. The van der Waals surface area contributed by atoms with Gasteiger partial charge in [0.25, 0.3) is 0 Å². The molecule has 2 rings (SSSR count). The van der Waals surface area contributed by atoms with E-state index >= 15 is 0 Å². The van der Waals surface area contributed by atoms with E-state index in [4.69, 9.17) is 4.74 Å². The van der Waals surface area contributed by atoms with Crippen LogP contribution in [0.4, 0.5) is 5.82 Å². The van der Waals surface area contributed by atoms with Gasteiger partial charge in [-0.3, -0.25) is 0 Å². The average molecular weight is 232 g/mol. The maximum atomic E-state index is 5.42. The van der Waals surface area contributed by atoms with Crippen molar-refractivity contribution in [1.82, 2.24) is 4.98 Å². The van der Waals surface area contributed by atoms with Crippen LogP contribution in [0.3, 0.4) is 0 Å². The van der Waals surface area contributed by atoms with Crippen LogP contribution in [-0.2, 0) is 17.6 Å². The molecule has 0 aliphatic heterocycles. The first-order valence-corrected chi connectivity index (χ1v) is 6.20. The Labute approximate surface area is 103 Å². The van der Waals surface area contributed by atoms with Gasteiger partial charge in [-0.15, -0.1) is 0 Å². The summed E-state index contributed by atoms with van der Waals surface area (Å²) in [4.78, 5) is 4.60. The highest BCUT2D eigenvalue weighted by molar-refractivity contribution is 5.40. The Hall–Kier alpha value is -1.35. The minimum absolute atomic E-state index is 0.638. The Bertz CT molecular complexity index is 401. The summed E-state index contributed by atoms with van der Waals surface area (Å²) < 4.78 is 5.42. The summed E-state index contributed by atoms with van der Waals surface area (Å²) in [6, 6.07) is 4.25. The van der Waals surface area contributed by atoms with Gasteiger partial charge in [-0.25, -0.2) is 4.98 Å². The van der Waals surface area contributed by atoms with E-state index in [1.54, 1.807) is 0 Å². The molecule has 3 nitrogen and oxygen atoms in total. The van der Waals surface area contributed by atoms with Crippen LogP contribution in [-0.4, -0.2) is 24.7 Å².